The van der Waals surface area contributed by atoms with E-state index in [0.29, 0.717) is 16.2 Å². The van der Waals surface area contributed by atoms with Crippen LogP contribution in [0.2, 0.25) is 0 Å². The van der Waals surface area contributed by atoms with Gasteiger partial charge in [0, 0.05) is 18.0 Å². The molecule has 1 heterocycles. The second-order valence-electron chi connectivity index (χ2n) is 5.67. The number of aryl methyl sites for hydroxylation is 1. The van der Waals surface area contributed by atoms with Gasteiger partial charge in [-0.25, -0.2) is 4.98 Å². The van der Waals surface area contributed by atoms with Crippen LogP contribution < -0.4 is 4.74 Å². The third-order valence-corrected chi connectivity index (χ3v) is 4.91. The quantitative estimate of drug-likeness (QED) is 0.526. The molecule has 0 bridgehead atoms. The molecule has 132 valence electrons. The average Bonchev–Trinajstić information content (AvgIpc) is 3.12. The number of methoxy groups -OCH3 is 1. The highest BCUT2D eigenvalue weighted by atomic mass is 32.1. The molecule has 0 saturated heterocycles. The van der Waals surface area contributed by atoms with Crippen molar-refractivity contribution in [3.63, 3.8) is 0 Å². The number of rotatable bonds is 6. The van der Waals surface area contributed by atoms with Gasteiger partial charge in [-0.2, -0.15) is 0 Å². The molecule has 0 spiro atoms. The van der Waals surface area contributed by atoms with Gasteiger partial charge in [0.25, 0.3) is 0 Å². The number of thiazole rings is 1. The SMILES string of the molecule is COc1ccc(C=NCC(=O)c2cnc(-c3ccccc3C)s2)cc1O. The highest BCUT2D eigenvalue weighted by Gasteiger charge is 2.12. The summed E-state index contributed by atoms with van der Waals surface area (Å²) in [6, 6.07) is 12.9. The van der Waals surface area contributed by atoms with Gasteiger partial charge in [-0.3, -0.25) is 9.79 Å². The van der Waals surface area contributed by atoms with Crippen LogP contribution in [0.5, 0.6) is 11.5 Å². The predicted molar refractivity (Wildman–Crippen MR) is 104 cm³/mol. The van der Waals surface area contributed by atoms with Gasteiger partial charge in [-0.1, -0.05) is 24.3 Å². The Labute approximate surface area is 155 Å². The number of nitrogens with zero attached hydrogens (tertiary/aromatic N) is 2. The van der Waals surface area contributed by atoms with Gasteiger partial charge in [-0.05, 0) is 36.2 Å². The number of aliphatic imine (C=N–C) groups is 1. The lowest BCUT2D eigenvalue weighted by Crippen LogP contribution is -2.01. The van der Waals surface area contributed by atoms with E-state index in [1.165, 1.54) is 24.5 Å². The Bertz CT molecular complexity index is 963. The largest absolute Gasteiger partial charge is 0.504 e. The summed E-state index contributed by atoms with van der Waals surface area (Å²) in [5.74, 6) is 0.344. The van der Waals surface area contributed by atoms with E-state index in [-0.39, 0.29) is 18.1 Å². The molecule has 5 nitrogen and oxygen atoms in total. The Hall–Kier alpha value is -2.99. The van der Waals surface area contributed by atoms with Crippen LogP contribution in [-0.4, -0.2) is 35.7 Å². The number of phenolic OH excluding ortho intramolecular Hbond substituents is 1. The molecule has 0 aliphatic rings. The van der Waals surface area contributed by atoms with E-state index < -0.39 is 0 Å². The van der Waals surface area contributed by atoms with Crippen LogP contribution in [0.1, 0.15) is 20.8 Å². The molecular weight excluding hydrogens is 348 g/mol. The topological polar surface area (TPSA) is 71.8 Å². The number of hydrogen-bond acceptors (Lipinski definition) is 6. The fourth-order valence-electron chi connectivity index (χ4n) is 2.44. The molecule has 6 heteroatoms. The minimum absolute atomic E-state index is 0.0300. The van der Waals surface area contributed by atoms with Crippen LogP contribution in [0, 0.1) is 6.92 Å². The lowest BCUT2D eigenvalue weighted by atomic mass is 10.1. The van der Waals surface area contributed by atoms with Gasteiger partial charge < -0.3 is 9.84 Å². The van der Waals surface area contributed by atoms with E-state index in [1.54, 1.807) is 24.5 Å². The highest BCUT2D eigenvalue weighted by molar-refractivity contribution is 7.17. The maximum atomic E-state index is 12.3. The van der Waals surface area contributed by atoms with Crippen molar-refractivity contribution in [2.24, 2.45) is 4.99 Å². The zero-order chi connectivity index (χ0) is 18.5. The summed E-state index contributed by atoms with van der Waals surface area (Å²) >= 11 is 1.37. The molecule has 1 aromatic heterocycles. The summed E-state index contributed by atoms with van der Waals surface area (Å²) in [6.07, 6.45) is 3.16. The minimum Gasteiger partial charge on any atom is -0.504 e. The van der Waals surface area contributed by atoms with Crippen LogP contribution in [-0.2, 0) is 0 Å². The summed E-state index contributed by atoms with van der Waals surface area (Å²) in [5.41, 5.74) is 2.85. The molecule has 0 aliphatic carbocycles. The number of hydrogen-bond donors (Lipinski definition) is 1. The number of Topliss-reactive ketones (excluding diaryl/α,β-unsaturated/α-hetero) is 1. The molecule has 3 rings (SSSR count). The number of aromatic nitrogens is 1. The maximum absolute atomic E-state index is 12.3. The summed E-state index contributed by atoms with van der Waals surface area (Å²) in [7, 11) is 1.49. The van der Waals surface area contributed by atoms with Crippen LogP contribution >= 0.6 is 11.3 Å². The molecule has 0 unspecified atom stereocenters. The average molecular weight is 366 g/mol. The molecular formula is C20H18N2O3S. The van der Waals surface area contributed by atoms with Gasteiger partial charge in [-0.15, -0.1) is 11.3 Å². The molecule has 3 aromatic rings. The van der Waals surface area contributed by atoms with Crippen molar-refractivity contribution < 1.29 is 14.6 Å². The van der Waals surface area contributed by atoms with Crippen LogP contribution in [0.4, 0.5) is 0 Å². The molecule has 1 N–H and O–H groups in total. The molecule has 26 heavy (non-hydrogen) atoms. The van der Waals surface area contributed by atoms with Gasteiger partial charge in [0.1, 0.15) is 11.6 Å². The Morgan fingerprint density at radius 2 is 2.12 bits per heavy atom. The van der Waals surface area contributed by atoms with Crippen LogP contribution in [0.25, 0.3) is 10.6 Å². The monoisotopic (exact) mass is 366 g/mol. The van der Waals surface area contributed by atoms with Gasteiger partial charge >= 0.3 is 0 Å². The Morgan fingerprint density at radius 3 is 2.85 bits per heavy atom. The highest BCUT2D eigenvalue weighted by Crippen LogP contribution is 2.28. The Balaban J connectivity index is 1.67. The van der Waals surface area contributed by atoms with E-state index in [2.05, 4.69) is 9.98 Å². The Morgan fingerprint density at radius 1 is 1.31 bits per heavy atom. The van der Waals surface area contributed by atoms with Crippen molar-refractivity contribution in [3.8, 4) is 22.1 Å². The summed E-state index contributed by atoms with van der Waals surface area (Å²) < 4.78 is 4.99. The number of carbonyl (C=O) groups is 1. The third-order valence-electron chi connectivity index (χ3n) is 3.83. The summed E-state index contributed by atoms with van der Waals surface area (Å²) in [5, 5.41) is 10.6. The first kappa shape index (κ1) is 17.8. The number of carbonyl (C=O) groups excluding carboxylic acids is 1. The number of aromatic hydroxyl groups is 1. The normalized spacial score (nSPS) is 11.0. The van der Waals surface area contributed by atoms with Crippen LogP contribution in [0.15, 0.2) is 53.7 Å². The second-order valence-corrected chi connectivity index (χ2v) is 6.70. The number of benzene rings is 2. The predicted octanol–water partition coefficient (Wildman–Crippen LogP) is 4.13. The fraction of sp³-hybridized carbons (Fsp3) is 0.150. The van der Waals surface area contributed by atoms with Crippen molar-refractivity contribution in [2.45, 2.75) is 6.92 Å². The van der Waals surface area contributed by atoms with Gasteiger partial charge in [0.2, 0.25) is 0 Å². The molecule has 0 aliphatic heterocycles. The van der Waals surface area contributed by atoms with Gasteiger partial charge in [0.05, 0.1) is 12.0 Å². The zero-order valence-electron chi connectivity index (χ0n) is 14.5. The maximum Gasteiger partial charge on any atom is 0.195 e. The van der Waals surface area contributed by atoms with Crippen LogP contribution in [0.3, 0.4) is 0 Å². The molecule has 0 fully saturated rings. The van der Waals surface area contributed by atoms with E-state index in [1.807, 2.05) is 31.2 Å². The van der Waals surface area contributed by atoms with E-state index in [0.717, 1.165) is 16.1 Å². The minimum atomic E-state index is -0.0867. The fourth-order valence-corrected chi connectivity index (χ4v) is 3.38. The number of ketones is 1. The molecule has 0 amide bonds. The van der Waals surface area contributed by atoms with E-state index >= 15 is 0 Å². The lowest BCUT2D eigenvalue weighted by molar-refractivity contribution is 0.101. The van der Waals surface area contributed by atoms with E-state index in [4.69, 9.17) is 4.74 Å². The van der Waals surface area contributed by atoms with Crippen molar-refractivity contribution in [1.29, 1.82) is 0 Å². The smallest absolute Gasteiger partial charge is 0.195 e. The molecule has 0 saturated carbocycles. The molecule has 0 atom stereocenters. The summed E-state index contributed by atoms with van der Waals surface area (Å²) in [6.45, 7) is 2.05. The molecule has 0 radical (unpaired) electrons. The first-order valence-corrected chi connectivity index (χ1v) is 8.82. The second kappa shape index (κ2) is 7.93. The third kappa shape index (κ3) is 3.97. The number of phenols is 1. The van der Waals surface area contributed by atoms with Crippen molar-refractivity contribution in [3.05, 3.63) is 64.7 Å². The van der Waals surface area contributed by atoms with Crippen molar-refractivity contribution in [2.75, 3.05) is 13.7 Å². The zero-order valence-corrected chi connectivity index (χ0v) is 15.3. The van der Waals surface area contributed by atoms with Crippen molar-refractivity contribution in [1.82, 2.24) is 4.98 Å². The number of ether oxygens (including phenoxy) is 1. The Kier molecular flexibility index (Phi) is 5.43. The lowest BCUT2D eigenvalue weighted by Gasteiger charge is -2.02. The first-order chi connectivity index (χ1) is 12.6. The molecule has 2 aromatic carbocycles. The van der Waals surface area contributed by atoms with Crippen molar-refractivity contribution >= 4 is 23.3 Å². The summed E-state index contributed by atoms with van der Waals surface area (Å²) in [4.78, 5) is 21.4. The first-order valence-electron chi connectivity index (χ1n) is 8.00. The van der Waals surface area contributed by atoms with E-state index in [9.17, 15) is 9.90 Å². The van der Waals surface area contributed by atoms with Gasteiger partial charge in [0.15, 0.2) is 17.3 Å². The standard InChI is InChI=1S/C20H18N2O3S/c1-13-5-3-4-6-15(13)20-22-12-19(26-20)17(24)11-21-10-14-7-8-18(25-2)16(23)9-14/h3-10,12,23H,11H2,1-2H3.